The van der Waals surface area contributed by atoms with Crippen LogP contribution in [0.25, 0.3) is 0 Å². The minimum Gasteiger partial charge on any atom is -0.361 e. The molecule has 3 heteroatoms. The fourth-order valence-electron chi connectivity index (χ4n) is 4.43. The lowest BCUT2D eigenvalue weighted by Crippen LogP contribution is -2.52. The fourth-order valence-corrected chi connectivity index (χ4v) is 5.35. The Morgan fingerprint density at radius 3 is 2.67 bits per heavy atom. The average molecular weight is 266 g/mol. The average Bonchev–Trinajstić information content (AvgIpc) is 2.78. The molecule has 1 N–H and O–H groups in total. The third kappa shape index (κ3) is 1.90. The summed E-state index contributed by atoms with van der Waals surface area (Å²) in [5.41, 5.74) is 0.930. The first-order valence-corrected chi connectivity index (χ1v) is 8.34. The number of nitrogens with zero attached hydrogens (tertiary/aromatic N) is 1. The summed E-state index contributed by atoms with van der Waals surface area (Å²) in [7, 11) is 0. The van der Waals surface area contributed by atoms with Gasteiger partial charge in [0.05, 0.1) is 0 Å². The Kier molecular flexibility index (Phi) is 2.96. The Labute approximate surface area is 115 Å². The molecule has 1 heterocycles. The van der Waals surface area contributed by atoms with E-state index in [2.05, 4.69) is 33.0 Å². The number of thioether (sulfide) groups is 1. The topological polar surface area (TPSA) is 24.4 Å². The predicted molar refractivity (Wildman–Crippen MR) is 80.1 cm³/mol. The van der Waals surface area contributed by atoms with Crippen molar-refractivity contribution in [1.82, 2.24) is 5.32 Å². The van der Waals surface area contributed by atoms with Gasteiger partial charge in [0.25, 0.3) is 0 Å². The summed E-state index contributed by atoms with van der Waals surface area (Å²) in [6.07, 6.45) is 4.23. The molecule has 0 aromatic carbocycles. The van der Waals surface area contributed by atoms with E-state index in [4.69, 9.17) is 4.99 Å². The van der Waals surface area contributed by atoms with E-state index in [1.165, 1.54) is 30.2 Å². The second-order valence-electron chi connectivity index (χ2n) is 7.55. The SMILES string of the molecule is CC1CN=C(NC2C3(C)CCC(C3)C2(C)C)SC1. The van der Waals surface area contributed by atoms with Crippen LogP contribution < -0.4 is 5.32 Å². The first-order chi connectivity index (χ1) is 8.42. The molecule has 2 fully saturated rings. The van der Waals surface area contributed by atoms with Gasteiger partial charge in [0.15, 0.2) is 5.17 Å². The number of fused-ring (bicyclic) bond motifs is 2. The van der Waals surface area contributed by atoms with Crippen LogP contribution in [0.2, 0.25) is 0 Å². The van der Waals surface area contributed by atoms with E-state index in [0.717, 1.165) is 18.4 Å². The molecule has 2 bridgehead atoms. The lowest BCUT2D eigenvalue weighted by atomic mass is 9.68. The Hall–Kier alpha value is -0.180. The summed E-state index contributed by atoms with van der Waals surface area (Å²) in [4.78, 5) is 4.72. The van der Waals surface area contributed by atoms with Crippen molar-refractivity contribution in [3.63, 3.8) is 0 Å². The van der Waals surface area contributed by atoms with Crippen LogP contribution in [0.5, 0.6) is 0 Å². The molecule has 2 nitrogen and oxygen atoms in total. The van der Waals surface area contributed by atoms with E-state index >= 15 is 0 Å². The van der Waals surface area contributed by atoms with Crippen LogP contribution in [-0.4, -0.2) is 23.5 Å². The minimum atomic E-state index is 0.430. The van der Waals surface area contributed by atoms with Crippen molar-refractivity contribution in [2.24, 2.45) is 27.7 Å². The zero-order chi connectivity index (χ0) is 13.0. The summed E-state index contributed by atoms with van der Waals surface area (Å²) >= 11 is 1.92. The molecule has 0 aromatic heterocycles. The number of amidine groups is 1. The van der Waals surface area contributed by atoms with E-state index in [0.29, 0.717) is 16.9 Å². The summed E-state index contributed by atoms with van der Waals surface area (Å²) in [6.45, 7) is 10.7. The maximum atomic E-state index is 4.72. The van der Waals surface area contributed by atoms with Gasteiger partial charge in [-0.2, -0.15) is 0 Å². The summed E-state index contributed by atoms with van der Waals surface area (Å²) < 4.78 is 0. The van der Waals surface area contributed by atoms with E-state index < -0.39 is 0 Å². The van der Waals surface area contributed by atoms with Gasteiger partial charge < -0.3 is 5.32 Å². The molecule has 2 saturated carbocycles. The molecule has 0 saturated heterocycles. The Bertz CT molecular complexity index is 372. The molecule has 0 amide bonds. The lowest BCUT2D eigenvalue weighted by molar-refractivity contribution is 0.126. The molecule has 3 rings (SSSR count). The van der Waals surface area contributed by atoms with Crippen molar-refractivity contribution < 1.29 is 0 Å². The van der Waals surface area contributed by atoms with Crippen LogP contribution in [0.1, 0.15) is 47.0 Å². The second kappa shape index (κ2) is 4.16. The highest BCUT2D eigenvalue weighted by molar-refractivity contribution is 8.13. The Morgan fingerprint density at radius 2 is 2.11 bits per heavy atom. The number of hydrogen-bond donors (Lipinski definition) is 1. The van der Waals surface area contributed by atoms with Gasteiger partial charge in [0.1, 0.15) is 0 Å². The summed E-state index contributed by atoms with van der Waals surface area (Å²) in [5, 5.41) is 5.02. The number of nitrogens with one attached hydrogen (secondary N) is 1. The minimum absolute atomic E-state index is 0.430. The van der Waals surface area contributed by atoms with Gasteiger partial charge in [0, 0.05) is 18.3 Å². The maximum Gasteiger partial charge on any atom is 0.156 e. The van der Waals surface area contributed by atoms with Crippen molar-refractivity contribution in [3.8, 4) is 0 Å². The van der Waals surface area contributed by atoms with Crippen molar-refractivity contribution >= 4 is 16.9 Å². The van der Waals surface area contributed by atoms with Gasteiger partial charge in [-0.15, -0.1) is 0 Å². The number of aliphatic imine (C=N–C) groups is 1. The maximum absolute atomic E-state index is 4.72. The Balaban J connectivity index is 1.76. The molecule has 3 aliphatic rings. The number of hydrogen-bond acceptors (Lipinski definition) is 3. The monoisotopic (exact) mass is 266 g/mol. The highest BCUT2D eigenvalue weighted by Gasteiger charge is 2.59. The highest BCUT2D eigenvalue weighted by Crippen LogP contribution is 2.62. The molecule has 2 aliphatic carbocycles. The molecule has 1 aliphatic heterocycles. The van der Waals surface area contributed by atoms with Crippen LogP contribution in [0, 0.1) is 22.7 Å². The molecule has 0 radical (unpaired) electrons. The van der Waals surface area contributed by atoms with Crippen LogP contribution >= 0.6 is 11.8 Å². The van der Waals surface area contributed by atoms with Crippen molar-refractivity contribution in [2.45, 2.75) is 53.0 Å². The molecule has 4 atom stereocenters. The van der Waals surface area contributed by atoms with Gasteiger partial charge in [-0.1, -0.05) is 39.5 Å². The van der Waals surface area contributed by atoms with Gasteiger partial charge in [-0.25, -0.2) is 0 Å². The molecule has 102 valence electrons. The molecular weight excluding hydrogens is 240 g/mol. The van der Waals surface area contributed by atoms with Crippen LogP contribution in [0.15, 0.2) is 4.99 Å². The standard InChI is InChI=1S/C15H26N2S/c1-10-8-16-13(18-9-10)17-12-14(2,3)11-5-6-15(12,4)7-11/h10-12H,5-9H2,1-4H3,(H,16,17). The zero-order valence-corrected chi connectivity index (χ0v) is 12.9. The molecule has 18 heavy (non-hydrogen) atoms. The fraction of sp³-hybridized carbons (Fsp3) is 0.933. The molecule has 0 aromatic rings. The van der Waals surface area contributed by atoms with Crippen LogP contribution in [0.3, 0.4) is 0 Å². The molecular formula is C15H26N2S. The predicted octanol–water partition coefficient (Wildman–Crippen LogP) is 3.53. The molecule has 4 unspecified atom stereocenters. The van der Waals surface area contributed by atoms with E-state index in [1.54, 1.807) is 0 Å². The first-order valence-electron chi connectivity index (χ1n) is 7.35. The lowest BCUT2D eigenvalue weighted by Gasteiger charge is -2.44. The summed E-state index contributed by atoms with van der Waals surface area (Å²) in [6, 6.07) is 0.614. The zero-order valence-electron chi connectivity index (χ0n) is 12.1. The van der Waals surface area contributed by atoms with Gasteiger partial charge in [-0.05, 0) is 41.9 Å². The highest BCUT2D eigenvalue weighted by atomic mass is 32.2. The largest absolute Gasteiger partial charge is 0.361 e. The smallest absolute Gasteiger partial charge is 0.156 e. The summed E-state index contributed by atoms with van der Waals surface area (Å²) in [5.74, 6) is 2.87. The van der Waals surface area contributed by atoms with Crippen molar-refractivity contribution in [3.05, 3.63) is 0 Å². The quantitative estimate of drug-likeness (QED) is 0.785. The van der Waals surface area contributed by atoms with Crippen molar-refractivity contribution in [1.29, 1.82) is 0 Å². The normalized spacial score (nSPS) is 46.0. The van der Waals surface area contributed by atoms with Crippen LogP contribution in [-0.2, 0) is 0 Å². The van der Waals surface area contributed by atoms with E-state index in [9.17, 15) is 0 Å². The van der Waals surface area contributed by atoms with Gasteiger partial charge in [0.2, 0.25) is 0 Å². The molecule has 0 spiro atoms. The van der Waals surface area contributed by atoms with Gasteiger partial charge >= 0.3 is 0 Å². The van der Waals surface area contributed by atoms with E-state index in [1.807, 2.05) is 11.8 Å². The van der Waals surface area contributed by atoms with Crippen molar-refractivity contribution in [2.75, 3.05) is 12.3 Å². The first kappa shape index (κ1) is 12.8. The second-order valence-corrected chi connectivity index (χ2v) is 8.56. The third-order valence-electron chi connectivity index (χ3n) is 5.59. The number of rotatable bonds is 1. The van der Waals surface area contributed by atoms with Crippen LogP contribution in [0.4, 0.5) is 0 Å². The third-order valence-corrected chi connectivity index (χ3v) is 6.84. The van der Waals surface area contributed by atoms with E-state index in [-0.39, 0.29) is 0 Å². The van der Waals surface area contributed by atoms with Gasteiger partial charge in [-0.3, -0.25) is 4.99 Å². The Morgan fingerprint density at radius 1 is 1.33 bits per heavy atom.